The summed E-state index contributed by atoms with van der Waals surface area (Å²) in [6, 6.07) is 1.62. The molecule has 5 rings (SSSR count). The summed E-state index contributed by atoms with van der Waals surface area (Å²) in [5, 5.41) is 6.73. The summed E-state index contributed by atoms with van der Waals surface area (Å²) in [6.45, 7) is 3.56. The van der Waals surface area contributed by atoms with E-state index in [4.69, 9.17) is 9.26 Å². The Kier molecular flexibility index (Phi) is 4.08. The molecule has 0 aromatic carbocycles. The molecule has 0 aliphatic heterocycles. The molecule has 4 fully saturated rings. The Hall–Kier alpha value is -1.85. The molecule has 0 unspecified atom stereocenters. The molecule has 136 valence electrons. The number of amides is 1. The molecule has 4 aliphatic carbocycles. The number of hydrogen-bond donors (Lipinski definition) is 1. The van der Waals surface area contributed by atoms with Crippen molar-refractivity contribution in [1.29, 1.82) is 0 Å². The first-order chi connectivity index (χ1) is 11.9. The third kappa shape index (κ3) is 3.18. The zero-order chi connectivity index (χ0) is 17.6. The lowest BCUT2D eigenvalue weighted by molar-refractivity contribution is -0.128. The lowest BCUT2D eigenvalue weighted by atomic mass is 9.48. The SMILES string of the molecule is Cc1cc(C(=O)OCC(=O)N[C@@H](C)C23CC4CC(CC(C4)C2)C3)on1. The number of carbonyl (C=O) groups excluding carboxylic acids is 2. The molecular formula is C19H26N2O4. The van der Waals surface area contributed by atoms with Crippen LogP contribution in [-0.2, 0) is 9.53 Å². The number of aromatic nitrogens is 1. The second-order valence-electron chi connectivity index (χ2n) is 8.48. The largest absolute Gasteiger partial charge is 0.450 e. The van der Waals surface area contributed by atoms with Gasteiger partial charge in [-0.15, -0.1) is 0 Å². The fourth-order valence-electron chi connectivity index (χ4n) is 5.81. The maximum atomic E-state index is 12.3. The average molecular weight is 346 g/mol. The van der Waals surface area contributed by atoms with Crippen LogP contribution in [0.25, 0.3) is 0 Å². The topological polar surface area (TPSA) is 81.4 Å². The first-order valence-corrected chi connectivity index (χ1v) is 9.33. The van der Waals surface area contributed by atoms with Gasteiger partial charge in [-0.05, 0) is 75.5 Å². The van der Waals surface area contributed by atoms with Gasteiger partial charge in [0, 0.05) is 12.1 Å². The molecule has 25 heavy (non-hydrogen) atoms. The molecule has 1 atom stereocenters. The van der Waals surface area contributed by atoms with Gasteiger partial charge in [0.05, 0.1) is 5.69 Å². The Morgan fingerprint density at radius 2 is 1.88 bits per heavy atom. The van der Waals surface area contributed by atoms with Gasteiger partial charge in [0.25, 0.3) is 5.91 Å². The molecule has 0 saturated heterocycles. The molecule has 0 spiro atoms. The van der Waals surface area contributed by atoms with Crippen LogP contribution in [0.5, 0.6) is 0 Å². The van der Waals surface area contributed by atoms with Crippen LogP contribution in [-0.4, -0.2) is 29.7 Å². The van der Waals surface area contributed by atoms with E-state index < -0.39 is 5.97 Å². The number of nitrogens with zero attached hydrogens (tertiary/aromatic N) is 1. The molecular weight excluding hydrogens is 320 g/mol. The summed E-state index contributed by atoms with van der Waals surface area (Å²) < 4.78 is 9.89. The maximum absolute atomic E-state index is 12.3. The van der Waals surface area contributed by atoms with Gasteiger partial charge in [-0.25, -0.2) is 4.79 Å². The number of nitrogens with one attached hydrogen (secondary N) is 1. The third-order valence-corrected chi connectivity index (χ3v) is 6.55. The van der Waals surface area contributed by atoms with Crippen LogP contribution in [0, 0.1) is 30.1 Å². The zero-order valence-corrected chi connectivity index (χ0v) is 14.9. The van der Waals surface area contributed by atoms with Crippen molar-refractivity contribution in [1.82, 2.24) is 10.5 Å². The van der Waals surface area contributed by atoms with Gasteiger partial charge in [0.2, 0.25) is 5.76 Å². The van der Waals surface area contributed by atoms with E-state index in [1.807, 2.05) is 0 Å². The van der Waals surface area contributed by atoms with Crippen molar-refractivity contribution in [2.75, 3.05) is 6.61 Å². The van der Waals surface area contributed by atoms with Crippen molar-refractivity contribution < 1.29 is 18.8 Å². The number of esters is 1. The van der Waals surface area contributed by atoms with Crippen LogP contribution in [0.15, 0.2) is 10.6 Å². The number of rotatable bonds is 5. The lowest BCUT2D eigenvalue weighted by Crippen LogP contribution is -2.56. The maximum Gasteiger partial charge on any atom is 0.377 e. The number of hydrogen-bond acceptors (Lipinski definition) is 5. The molecule has 6 heteroatoms. The predicted octanol–water partition coefficient (Wildman–Crippen LogP) is 2.86. The normalized spacial score (nSPS) is 33.9. The van der Waals surface area contributed by atoms with Crippen LogP contribution < -0.4 is 5.32 Å². The quantitative estimate of drug-likeness (QED) is 0.829. The van der Waals surface area contributed by atoms with E-state index in [1.165, 1.54) is 44.6 Å². The standard InChI is InChI=1S/C19H26N2O4/c1-11-3-16(25-21-11)18(23)24-10-17(22)20-12(2)19-7-13-4-14(8-19)6-15(5-13)9-19/h3,12-15H,4-10H2,1-2H3,(H,20,22)/t12-,13?,14?,15?,19?/m0/s1. The number of ether oxygens (including phenoxy) is 1. The summed E-state index contributed by atoms with van der Waals surface area (Å²) in [4.78, 5) is 24.1. The molecule has 1 aromatic heterocycles. The molecule has 4 bridgehead atoms. The second-order valence-corrected chi connectivity index (χ2v) is 8.48. The number of aryl methyl sites for hydroxylation is 1. The van der Waals surface area contributed by atoms with Crippen LogP contribution in [0.2, 0.25) is 0 Å². The van der Waals surface area contributed by atoms with Crippen molar-refractivity contribution in [2.24, 2.45) is 23.2 Å². The molecule has 6 nitrogen and oxygen atoms in total. The van der Waals surface area contributed by atoms with E-state index in [0.717, 1.165) is 17.8 Å². The minimum absolute atomic E-state index is 0.0273. The van der Waals surface area contributed by atoms with E-state index in [0.29, 0.717) is 5.69 Å². The molecule has 0 radical (unpaired) electrons. The molecule has 4 aliphatic rings. The summed E-state index contributed by atoms with van der Waals surface area (Å²) >= 11 is 0. The van der Waals surface area contributed by atoms with Crippen LogP contribution >= 0.6 is 0 Å². The monoisotopic (exact) mass is 346 g/mol. The third-order valence-electron chi connectivity index (χ3n) is 6.55. The Labute approximate surface area is 147 Å². The Morgan fingerprint density at radius 1 is 1.28 bits per heavy atom. The summed E-state index contributed by atoms with van der Waals surface area (Å²) in [5.74, 6) is 1.67. The fraction of sp³-hybridized carbons (Fsp3) is 0.737. The van der Waals surface area contributed by atoms with E-state index in [1.54, 1.807) is 6.92 Å². The van der Waals surface area contributed by atoms with Crippen molar-refractivity contribution in [2.45, 2.75) is 58.4 Å². The molecule has 4 saturated carbocycles. The fourth-order valence-corrected chi connectivity index (χ4v) is 5.81. The smallest absolute Gasteiger partial charge is 0.377 e. The molecule has 1 heterocycles. The van der Waals surface area contributed by atoms with Crippen molar-refractivity contribution in [3.63, 3.8) is 0 Å². The molecule has 1 aromatic rings. The lowest BCUT2D eigenvalue weighted by Gasteiger charge is -2.59. The average Bonchev–Trinajstić information content (AvgIpc) is 2.98. The van der Waals surface area contributed by atoms with E-state index >= 15 is 0 Å². The Bertz CT molecular complexity index is 645. The van der Waals surface area contributed by atoms with Gasteiger partial charge < -0.3 is 14.6 Å². The van der Waals surface area contributed by atoms with Crippen molar-refractivity contribution in [3.8, 4) is 0 Å². The van der Waals surface area contributed by atoms with Gasteiger partial charge in [-0.2, -0.15) is 0 Å². The van der Waals surface area contributed by atoms with Crippen LogP contribution in [0.4, 0.5) is 0 Å². The van der Waals surface area contributed by atoms with Crippen molar-refractivity contribution in [3.05, 3.63) is 17.5 Å². The summed E-state index contributed by atoms with van der Waals surface area (Å²) in [7, 11) is 0. The van der Waals surface area contributed by atoms with Gasteiger partial charge in [0.15, 0.2) is 6.61 Å². The highest BCUT2D eigenvalue weighted by molar-refractivity contribution is 5.88. The Morgan fingerprint density at radius 3 is 2.40 bits per heavy atom. The first-order valence-electron chi connectivity index (χ1n) is 9.33. The zero-order valence-electron chi connectivity index (χ0n) is 14.9. The van der Waals surface area contributed by atoms with Crippen LogP contribution in [0.1, 0.15) is 61.7 Å². The molecule has 1 amide bonds. The van der Waals surface area contributed by atoms with Crippen molar-refractivity contribution >= 4 is 11.9 Å². The first kappa shape index (κ1) is 16.6. The van der Waals surface area contributed by atoms with Crippen LogP contribution in [0.3, 0.4) is 0 Å². The summed E-state index contributed by atoms with van der Waals surface area (Å²) in [5.41, 5.74) is 0.850. The van der Waals surface area contributed by atoms with Gasteiger partial charge in [-0.1, -0.05) is 5.16 Å². The highest BCUT2D eigenvalue weighted by atomic mass is 16.6. The molecule has 1 N–H and O–H groups in total. The number of carbonyl (C=O) groups is 2. The second kappa shape index (κ2) is 6.15. The van der Waals surface area contributed by atoms with Gasteiger partial charge in [-0.3, -0.25) is 4.79 Å². The van der Waals surface area contributed by atoms with E-state index in [2.05, 4.69) is 17.4 Å². The van der Waals surface area contributed by atoms with Gasteiger partial charge in [0.1, 0.15) is 0 Å². The minimum atomic E-state index is -0.654. The Balaban J connectivity index is 1.31. The van der Waals surface area contributed by atoms with E-state index in [9.17, 15) is 9.59 Å². The van der Waals surface area contributed by atoms with Gasteiger partial charge >= 0.3 is 5.97 Å². The highest BCUT2D eigenvalue weighted by Gasteiger charge is 2.53. The van der Waals surface area contributed by atoms with E-state index in [-0.39, 0.29) is 29.7 Å². The summed E-state index contributed by atoms with van der Waals surface area (Å²) in [6.07, 6.45) is 7.85. The minimum Gasteiger partial charge on any atom is -0.450 e. The predicted molar refractivity (Wildman–Crippen MR) is 89.7 cm³/mol. The highest BCUT2D eigenvalue weighted by Crippen LogP contribution is 2.61.